The molecule has 0 aliphatic rings. The average Bonchev–Trinajstić information content (AvgIpc) is 2.49. The van der Waals surface area contributed by atoms with Gasteiger partial charge in [0.2, 0.25) is 0 Å². The molecule has 0 aliphatic carbocycles. The number of pyridine rings is 1. The molecule has 3 nitrogen and oxygen atoms in total. The van der Waals surface area contributed by atoms with Gasteiger partial charge in [-0.05, 0) is 6.07 Å². The van der Waals surface area contributed by atoms with Crippen LogP contribution in [0.5, 0.6) is 0 Å². The first-order valence-corrected chi connectivity index (χ1v) is 3.64. The minimum Gasteiger partial charge on any atom is -0.392 e. The van der Waals surface area contributed by atoms with Crippen molar-refractivity contribution in [1.82, 2.24) is 9.61 Å². The number of hydrogen-bond donors (Lipinski definition) is 1. The highest BCUT2D eigenvalue weighted by molar-refractivity contribution is 6.36. The topological polar surface area (TPSA) is 37.5 Å². The average molecular weight is 158 g/mol. The first kappa shape index (κ1) is 7.37. The molecule has 2 aromatic rings. The second-order valence-electron chi connectivity index (χ2n) is 2.58. The van der Waals surface area contributed by atoms with Crippen LogP contribution in [0.3, 0.4) is 0 Å². The smallest absolute Gasteiger partial charge is 0.116 e. The third-order valence-electron chi connectivity index (χ3n) is 1.82. The van der Waals surface area contributed by atoms with Gasteiger partial charge >= 0.3 is 0 Å². The monoisotopic (exact) mass is 158 g/mol. The highest BCUT2D eigenvalue weighted by atomic mass is 16.3. The molecule has 12 heavy (non-hydrogen) atoms. The zero-order valence-corrected chi connectivity index (χ0v) is 6.44. The molecule has 0 spiro atoms. The molecule has 2 aromatic heterocycles. The van der Waals surface area contributed by atoms with E-state index in [9.17, 15) is 0 Å². The lowest BCUT2D eigenvalue weighted by Crippen LogP contribution is -2.07. The summed E-state index contributed by atoms with van der Waals surface area (Å²) in [7, 11) is 5.71. The molecule has 0 aliphatic heterocycles. The third kappa shape index (κ3) is 0.922. The molecule has 0 amide bonds. The minimum atomic E-state index is -0.0300. The van der Waals surface area contributed by atoms with E-state index >= 15 is 0 Å². The van der Waals surface area contributed by atoms with Gasteiger partial charge in [-0.2, -0.15) is 5.10 Å². The van der Waals surface area contributed by atoms with E-state index in [1.807, 2.05) is 6.07 Å². The maximum absolute atomic E-state index is 8.94. The fourth-order valence-electron chi connectivity index (χ4n) is 1.25. The van der Waals surface area contributed by atoms with Crippen LogP contribution in [-0.2, 0) is 6.61 Å². The Morgan fingerprint density at radius 3 is 3.17 bits per heavy atom. The van der Waals surface area contributed by atoms with E-state index in [2.05, 4.69) is 5.10 Å². The standard InChI is InChI=1S/C8H7BN2O/c9-7-2-1-3-11-8(7)6(5-12)4-10-11/h1-4,12H,5H2. The molecule has 0 saturated carbocycles. The largest absolute Gasteiger partial charge is 0.392 e. The zero-order valence-electron chi connectivity index (χ0n) is 6.44. The first-order valence-electron chi connectivity index (χ1n) is 3.64. The normalized spacial score (nSPS) is 10.8. The Hall–Kier alpha value is -1.29. The van der Waals surface area contributed by atoms with Crippen LogP contribution >= 0.6 is 0 Å². The molecule has 0 fully saturated rings. The maximum Gasteiger partial charge on any atom is 0.116 e. The summed E-state index contributed by atoms with van der Waals surface area (Å²) in [5, 5.41) is 13.0. The van der Waals surface area contributed by atoms with E-state index in [-0.39, 0.29) is 6.61 Å². The van der Waals surface area contributed by atoms with Crippen molar-refractivity contribution in [2.24, 2.45) is 0 Å². The summed E-state index contributed by atoms with van der Waals surface area (Å²) in [6.45, 7) is -0.0300. The van der Waals surface area contributed by atoms with E-state index < -0.39 is 0 Å². The number of hydrogen-bond acceptors (Lipinski definition) is 2. The molecular formula is C8H7BN2O. The van der Waals surface area contributed by atoms with E-state index in [1.54, 1.807) is 23.0 Å². The SMILES string of the molecule is [B]c1cccn2ncc(CO)c12. The lowest BCUT2D eigenvalue weighted by atomic mass is 9.94. The van der Waals surface area contributed by atoms with Crippen LogP contribution in [-0.4, -0.2) is 22.6 Å². The Morgan fingerprint density at radius 1 is 1.58 bits per heavy atom. The molecule has 2 heterocycles. The highest BCUT2D eigenvalue weighted by Gasteiger charge is 2.03. The van der Waals surface area contributed by atoms with Crippen LogP contribution in [0.15, 0.2) is 24.5 Å². The number of aliphatic hydroxyl groups excluding tert-OH is 1. The molecular weight excluding hydrogens is 151 g/mol. The van der Waals surface area contributed by atoms with Crippen molar-refractivity contribution in [3.8, 4) is 0 Å². The minimum absolute atomic E-state index is 0.0300. The van der Waals surface area contributed by atoms with Crippen LogP contribution < -0.4 is 5.46 Å². The summed E-state index contributed by atoms with van der Waals surface area (Å²) in [5.41, 5.74) is 2.19. The second kappa shape index (κ2) is 2.64. The van der Waals surface area contributed by atoms with Gasteiger partial charge in [0, 0.05) is 11.8 Å². The van der Waals surface area contributed by atoms with Gasteiger partial charge in [-0.15, -0.1) is 0 Å². The highest BCUT2D eigenvalue weighted by Crippen LogP contribution is 2.06. The van der Waals surface area contributed by atoms with Crippen LogP contribution in [0.25, 0.3) is 5.52 Å². The fraction of sp³-hybridized carbons (Fsp3) is 0.125. The van der Waals surface area contributed by atoms with Gasteiger partial charge < -0.3 is 5.11 Å². The molecule has 0 atom stereocenters. The lowest BCUT2D eigenvalue weighted by Gasteiger charge is -1.98. The maximum atomic E-state index is 8.94. The number of aromatic nitrogens is 2. The molecule has 0 unspecified atom stereocenters. The lowest BCUT2D eigenvalue weighted by molar-refractivity contribution is 0.283. The van der Waals surface area contributed by atoms with E-state index in [1.165, 1.54) is 0 Å². The van der Waals surface area contributed by atoms with Crippen LogP contribution in [0.2, 0.25) is 0 Å². The van der Waals surface area contributed by atoms with Gasteiger partial charge in [0.1, 0.15) is 7.85 Å². The number of aliphatic hydroxyl groups is 1. The van der Waals surface area contributed by atoms with Crippen molar-refractivity contribution in [1.29, 1.82) is 0 Å². The molecule has 0 bridgehead atoms. The quantitative estimate of drug-likeness (QED) is 0.574. The molecule has 2 rings (SSSR count). The van der Waals surface area contributed by atoms with Gasteiger partial charge in [-0.3, -0.25) is 0 Å². The van der Waals surface area contributed by atoms with Crippen LogP contribution in [0.1, 0.15) is 5.56 Å². The summed E-state index contributed by atoms with van der Waals surface area (Å²) in [5.74, 6) is 0. The molecule has 1 N–H and O–H groups in total. The van der Waals surface area contributed by atoms with Crippen molar-refractivity contribution >= 4 is 18.8 Å². The Labute approximate surface area is 71.0 Å². The molecule has 2 radical (unpaired) electrons. The van der Waals surface area contributed by atoms with Gasteiger partial charge in [0.15, 0.2) is 0 Å². The number of nitrogens with zero attached hydrogens (tertiary/aromatic N) is 2. The summed E-state index contributed by atoms with van der Waals surface area (Å²) < 4.78 is 1.65. The van der Waals surface area contributed by atoms with Crippen molar-refractivity contribution in [2.75, 3.05) is 0 Å². The summed E-state index contributed by atoms with van der Waals surface area (Å²) in [4.78, 5) is 0. The van der Waals surface area contributed by atoms with Crippen LogP contribution in [0, 0.1) is 0 Å². The predicted molar refractivity (Wildman–Crippen MR) is 46.5 cm³/mol. The van der Waals surface area contributed by atoms with Gasteiger partial charge in [0.25, 0.3) is 0 Å². The second-order valence-corrected chi connectivity index (χ2v) is 2.58. The predicted octanol–water partition coefficient (Wildman–Crippen LogP) is -0.380. The third-order valence-corrected chi connectivity index (χ3v) is 1.82. The molecule has 0 aromatic carbocycles. The number of rotatable bonds is 1. The molecule has 4 heteroatoms. The first-order chi connectivity index (χ1) is 5.83. The zero-order chi connectivity index (χ0) is 8.55. The summed E-state index contributed by atoms with van der Waals surface area (Å²) in [6.07, 6.45) is 3.41. The Balaban J connectivity index is 2.83. The summed E-state index contributed by atoms with van der Waals surface area (Å²) >= 11 is 0. The van der Waals surface area contributed by atoms with Crippen molar-refractivity contribution in [3.05, 3.63) is 30.1 Å². The van der Waals surface area contributed by atoms with Crippen molar-refractivity contribution in [3.63, 3.8) is 0 Å². The van der Waals surface area contributed by atoms with Crippen molar-refractivity contribution < 1.29 is 5.11 Å². The number of fused-ring (bicyclic) bond motifs is 1. The van der Waals surface area contributed by atoms with Crippen LogP contribution in [0.4, 0.5) is 0 Å². The van der Waals surface area contributed by atoms with E-state index in [0.717, 1.165) is 11.1 Å². The van der Waals surface area contributed by atoms with Gasteiger partial charge in [-0.1, -0.05) is 11.5 Å². The van der Waals surface area contributed by atoms with Crippen molar-refractivity contribution in [2.45, 2.75) is 6.61 Å². The van der Waals surface area contributed by atoms with E-state index in [4.69, 9.17) is 13.0 Å². The van der Waals surface area contributed by atoms with E-state index in [0.29, 0.717) is 5.46 Å². The Morgan fingerprint density at radius 2 is 2.42 bits per heavy atom. The Kier molecular flexibility index (Phi) is 1.62. The Bertz CT molecular complexity index is 410. The van der Waals surface area contributed by atoms with Gasteiger partial charge in [0.05, 0.1) is 18.3 Å². The fourth-order valence-corrected chi connectivity index (χ4v) is 1.25. The summed E-state index contributed by atoms with van der Waals surface area (Å²) in [6, 6.07) is 3.60. The molecule has 0 saturated heterocycles. The van der Waals surface area contributed by atoms with Gasteiger partial charge in [-0.25, -0.2) is 4.52 Å². The molecule has 58 valence electrons.